The van der Waals surface area contributed by atoms with Gasteiger partial charge in [0.1, 0.15) is 5.82 Å². The lowest BCUT2D eigenvalue weighted by atomic mass is 10.2. The highest BCUT2D eigenvalue weighted by atomic mass is 19.1. The molecule has 1 amide bonds. The highest BCUT2D eigenvalue weighted by Gasteiger charge is 2.20. The summed E-state index contributed by atoms with van der Waals surface area (Å²) in [5.74, 6) is -1.17. The van der Waals surface area contributed by atoms with Crippen LogP contribution in [-0.2, 0) is 13.1 Å². The molecule has 1 N–H and O–H groups in total. The van der Waals surface area contributed by atoms with Gasteiger partial charge in [-0.1, -0.05) is 30.3 Å². The Labute approximate surface area is 188 Å². The molecule has 0 aliphatic rings. The first-order valence-corrected chi connectivity index (χ1v) is 10.2. The molecule has 2 heterocycles. The zero-order valence-electron chi connectivity index (χ0n) is 17.7. The number of amides is 1. The minimum atomic E-state index is -0.841. The Morgan fingerprint density at radius 1 is 1.03 bits per heavy atom. The third-order valence-corrected chi connectivity index (χ3v) is 4.93. The number of hydrogen-bond acceptors (Lipinski definition) is 5. The average Bonchev–Trinajstić information content (AvgIpc) is 2.82. The summed E-state index contributed by atoms with van der Waals surface area (Å²) in [6.07, 6.45) is 1.59. The zero-order valence-corrected chi connectivity index (χ0v) is 17.7. The van der Waals surface area contributed by atoms with Crippen molar-refractivity contribution in [3.05, 3.63) is 122 Å². The van der Waals surface area contributed by atoms with Crippen molar-refractivity contribution in [3.8, 4) is 5.69 Å². The first kappa shape index (κ1) is 21.8. The Kier molecular flexibility index (Phi) is 6.21. The summed E-state index contributed by atoms with van der Waals surface area (Å²) in [4.78, 5) is 43.3. The monoisotopic (exact) mass is 445 g/mol. The molecular formula is C24H20FN5O3. The topological polar surface area (TPSA) is 98.9 Å². The van der Waals surface area contributed by atoms with Gasteiger partial charge >= 0.3 is 5.69 Å². The van der Waals surface area contributed by atoms with Gasteiger partial charge in [-0.2, -0.15) is 9.78 Å². The van der Waals surface area contributed by atoms with Gasteiger partial charge in [-0.15, -0.1) is 0 Å². The fourth-order valence-corrected chi connectivity index (χ4v) is 3.25. The van der Waals surface area contributed by atoms with Gasteiger partial charge in [-0.3, -0.25) is 19.1 Å². The van der Waals surface area contributed by atoms with E-state index >= 15 is 0 Å². The molecule has 4 rings (SSSR count). The number of rotatable bonds is 6. The summed E-state index contributed by atoms with van der Waals surface area (Å²) in [6, 6.07) is 17.6. The number of carbonyl (C=O) groups is 1. The van der Waals surface area contributed by atoms with Crippen LogP contribution in [0.1, 0.15) is 27.3 Å². The number of aryl methyl sites for hydroxylation is 1. The summed E-state index contributed by atoms with van der Waals surface area (Å²) in [7, 11) is 0. The van der Waals surface area contributed by atoms with E-state index in [-0.39, 0.29) is 13.1 Å². The van der Waals surface area contributed by atoms with Crippen LogP contribution >= 0.6 is 0 Å². The van der Waals surface area contributed by atoms with Gasteiger partial charge in [0.05, 0.1) is 24.5 Å². The number of nitrogens with one attached hydrogen (secondary N) is 1. The van der Waals surface area contributed by atoms with Crippen LogP contribution in [0.4, 0.5) is 4.39 Å². The van der Waals surface area contributed by atoms with Crippen LogP contribution in [0.3, 0.4) is 0 Å². The lowest BCUT2D eigenvalue weighted by Gasteiger charge is -2.13. The standard InChI is InChI=1S/C24H20FN5O3/c1-16-5-4-7-20(13-16)30-24(33)29(15-17-8-10-18(25)11-9-17)23(32)21(28-30)22(31)27-14-19-6-2-3-12-26-19/h2-13H,14-15H2,1H3,(H,27,31). The molecule has 166 valence electrons. The van der Waals surface area contributed by atoms with E-state index in [1.54, 1.807) is 42.6 Å². The second-order valence-electron chi connectivity index (χ2n) is 7.40. The number of pyridine rings is 1. The largest absolute Gasteiger partial charge is 0.352 e. The third-order valence-electron chi connectivity index (χ3n) is 4.93. The van der Waals surface area contributed by atoms with Crippen LogP contribution in [0.5, 0.6) is 0 Å². The molecular weight excluding hydrogens is 425 g/mol. The Hall–Kier alpha value is -4.40. The molecule has 0 fully saturated rings. The molecule has 33 heavy (non-hydrogen) atoms. The Morgan fingerprint density at radius 2 is 1.82 bits per heavy atom. The minimum absolute atomic E-state index is 0.0856. The molecule has 0 atom stereocenters. The van der Waals surface area contributed by atoms with Gasteiger partial charge in [0.2, 0.25) is 5.69 Å². The van der Waals surface area contributed by atoms with Crippen molar-refractivity contribution >= 4 is 5.91 Å². The van der Waals surface area contributed by atoms with Crippen LogP contribution in [0.2, 0.25) is 0 Å². The predicted octanol–water partition coefficient (Wildman–Crippen LogP) is 2.22. The van der Waals surface area contributed by atoms with Crippen molar-refractivity contribution in [2.24, 2.45) is 0 Å². The lowest BCUT2D eigenvalue weighted by molar-refractivity contribution is 0.0940. The molecule has 0 aliphatic heterocycles. The second-order valence-corrected chi connectivity index (χ2v) is 7.40. The van der Waals surface area contributed by atoms with Crippen LogP contribution in [0, 0.1) is 12.7 Å². The van der Waals surface area contributed by atoms with Crippen molar-refractivity contribution in [3.63, 3.8) is 0 Å². The number of benzene rings is 2. The van der Waals surface area contributed by atoms with E-state index in [9.17, 15) is 18.8 Å². The van der Waals surface area contributed by atoms with Crippen molar-refractivity contribution in [2.75, 3.05) is 0 Å². The summed E-state index contributed by atoms with van der Waals surface area (Å²) in [6.45, 7) is 1.79. The van der Waals surface area contributed by atoms with E-state index in [1.165, 1.54) is 24.3 Å². The van der Waals surface area contributed by atoms with E-state index in [0.29, 0.717) is 16.9 Å². The highest BCUT2D eigenvalue weighted by molar-refractivity contribution is 5.91. The molecule has 2 aromatic heterocycles. The Morgan fingerprint density at radius 3 is 2.52 bits per heavy atom. The van der Waals surface area contributed by atoms with E-state index in [4.69, 9.17) is 0 Å². The molecule has 4 aromatic rings. The molecule has 8 nitrogen and oxygen atoms in total. The third kappa shape index (κ3) is 4.93. The first-order valence-electron chi connectivity index (χ1n) is 10.2. The lowest BCUT2D eigenvalue weighted by Crippen LogP contribution is -2.46. The fourth-order valence-electron chi connectivity index (χ4n) is 3.25. The van der Waals surface area contributed by atoms with E-state index in [0.717, 1.165) is 14.8 Å². The average molecular weight is 445 g/mol. The zero-order chi connectivity index (χ0) is 23.4. The number of hydrogen-bond donors (Lipinski definition) is 1. The van der Waals surface area contributed by atoms with E-state index in [1.807, 2.05) is 13.0 Å². The molecule has 0 spiro atoms. The molecule has 0 radical (unpaired) electrons. The van der Waals surface area contributed by atoms with E-state index < -0.39 is 28.7 Å². The predicted molar refractivity (Wildman–Crippen MR) is 120 cm³/mol. The van der Waals surface area contributed by atoms with Gasteiger partial charge in [0.25, 0.3) is 11.5 Å². The van der Waals surface area contributed by atoms with Gasteiger partial charge in [0, 0.05) is 6.20 Å². The summed E-state index contributed by atoms with van der Waals surface area (Å²) in [5.41, 5.74) is 0.421. The molecule has 2 aromatic carbocycles. The van der Waals surface area contributed by atoms with Crippen molar-refractivity contribution in [1.82, 2.24) is 24.6 Å². The summed E-state index contributed by atoms with van der Waals surface area (Å²) < 4.78 is 15.2. The normalized spacial score (nSPS) is 10.7. The molecule has 9 heteroatoms. The van der Waals surface area contributed by atoms with Crippen LogP contribution in [0.25, 0.3) is 5.69 Å². The molecule has 0 bridgehead atoms. The Bertz CT molecular complexity index is 1410. The highest BCUT2D eigenvalue weighted by Crippen LogP contribution is 2.08. The Balaban J connectivity index is 1.78. The smallest absolute Gasteiger partial charge is 0.345 e. The molecule has 0 saturated heterocycles. The maximum Gasteiger partial charge on any atom is 0.352 e. The SMILES string of the molecule is Cc1cccc(-n2nc(C(=O)NCc3ccccn3)c(=O)n(Cc3ccc(F)cc3)c2=O)c1. The minimum Gasteiger partial charge on any atom is -0.345 e. The summed E-state index contributed by atoms with van der Waals surface area (Å²) in [5, 5.41) is 6.71. The maximum atomic E-state index is 13.3. The maximum absolute atomic E-state index is 13.3. The summed E-state index contributed by atoms with van der Waals surface area (Å²) >= 11 is 0. The fraction of sp³-hybridized carbons (Fsp3) is 0.125. The van der Waals surface area contributed by atoms with Crippen molar-refractivity contribution < 1.29 is 9.18 Å². The van der Waals surface area contributed by atoms with E-state index in [2.05, 4.69) is 15.4 Å². The first-order chi connectivity index (χ1) is 15.9. The molecule has 0 aliphatic carbocycles. The number of nitrogens with zero attached hydrogens (tertiary/aromatic N) is 4. The van der Waals surface area contributed by atoms with Gasteiger partial charge in [-0.05, 0) is 54.4 Å². The van der Waals surface area contributed by atoms with Crippen LogP contribution in [0.15, 0.2) is 82.5 Å². The number of aromatic nitrogens is 4. The number of halogens is 1. The molecule has 0 unspecified atom stereocenters. The second kappa shape index (κ2) is 9.39. The van der Waals surface area contributed by atoms with Crippen LogP contribution in [-0.4, -0.2) is 25.2 Å². The van der Waals surface area contributed by atoms with Gasteiger partial charge in [0.15, 0.2) is 0 Å². The van der Waals surface area contributed by atoms with Gasteiger partial charge < -0.3 is 5.32 Å². The molecule has 0 saturated carbocycles. The van der Waals surface area contributed by atoms with Crippen LogP contribution < -0.4 is 16.6 Å². The number of carbonyl (C=O) groups excluding carboxylic acids is 1. The van der Waals surface area contributed by atoms with Crippen molar-refractivity contribution in [2.45, 2.75) is 20.0 Å². The van der Waals surface area contributed by atoms with Gasteiger partial charge in [-0.25, -0.2) is 9.18 Å². The quantitative estimate of drug-likeness (QED) is 0.491. The van der Waals surface area contributed by atoms with Crippen molar-refractivity contribution in [1.29, 1.82) is 0 Å².